The molecule has 3 aromatic carbocycles. The number of methoxy groups -OCH3 is 1. The van der Waals surface area contributed by atoms with Crippen LogP contribution in [-0.2, 0) is 59.0 Å². The van der Waals surface area contributed by atoms with Gasteiger partial charge in [0.05, 0.1) is 19.4 Å². The summed E-state index contributed by atoms with van der Waals surface area (Å²) in [6.45, 7) is 2.75. The maximum Gasteiger partial charge on any atom is 0.407 e. The number of benzene rings is 3. The Balaban J connectivity index is 1.26. The van der Waals surface area contributed by atoms with Gasteiger partial charge in [-0.25, -0.2) is 9.59 Å². The molecule has 3 aromatic rings. The summed E-state index contributed by atoms with van der Waals surface area (Å²) >= 11 is 0. The molecular weight excluding hydrogens is 708 g/mol. The van der Waals surface area contributed by atoms with Crippen LogP contribution in [0.3, 0.4) is 0 Å². The number of carbonyl (C=O) groups is 6. The van der Waals surface area contributed by atoms with Crippen LogP contribution in [0.4, 0.5) is 10.5 Å². The molecule has 5 rings (SSSR count). The highest BCUT2D eigenvalue weighted by Crippen LogP contribution is 2.44. The fourth-order valence-corrected chi connectivity index (χ4v) is 6.32. The van der Waals surface area contributed by atoms with Crippen molar-refractivity contribution in [3.63, 3.8) is 0 Å². The number of aliphatic hydroxyl groups excluding tert-OH is 1. The molecule has 5 atom stereocenters. The number of rotatable bonds is 13. The number of aliphatic hydroxyl groups is 1. The summed E-state index contributed by atoms with van der Waals surface area (Å²) < 4.78 is 38.3. The SMILES string of the molecule is COC(=O)C1OC(Oc2ccc(CO)cc2NC(=O)CCNC(=O)OCC2c3ccccc3-c3ccccc32)C(OC(C)=O)[C@@H](OC(C)=O)[C@@H]1OC(C)=O. The molecule has 0 aromatic heterocycles. The van der Waals surface area contributed by atoms with Gasteiger partial charge in [-0.05, 0) is 39.9 Å². The quantitative estimate of drug-likeness (QED) is 0.169. The molecule has 0 saturated carbocycles. The van der Waals surface area contributed by atoms with Crippen LogP contribution in [0.25, 0.3) is 11.1 Å². The Morgan fingerprint density at radius 1 is 0.778 bits per heavy atom. The van der Waals surface area contributed by atoms with Gasteiger partial charge in [0.1, 0.15) is 12.4 Å². The van der Waals surface area contributed by atoms with Crippen LogP contribution < -0.4 is 15.4 Å². The number of nitrogens with one attached hydrogen (secondary N) is 2. The van der Waals surface area contributed by atoms with E-state index in [1.54, 1.807) is 0 Å². The lowest BCUT2D eigenvalue weighted by molar-refractivity contribution is -0.282. The Kier molecular flexibility index (Phi) is 12.8. The van der Waals surface area contributed by atoms with Crippen molar-refractivity contribution >= 4 is 41.6 Å². The van der Waals surface area contributed by atoms with Crippen molar-refractivity contribution in [2.24, 2.45) is 0 Å². The maximum absolute atomic E-state index is 13.1. The Morgan fingerprint density at radius 3 is 1.96 bits per heavy atom. The molecule has 3 N–H and O–H groups in total. The average molecular weight is 749 g/mol. The zero-order valence-corrected chi connectivity index (χ0v) is 29.9. The molecule has 16 nitrogen and oxygen atoms in total. The highest BCUT2D eigenvalue weighted by atomic mass is 16.7. The number of amides is 2. The second-order valence-corrected chi connectivity index (χ2v) is 12.3. The van der Waals surface area contributed by atoms with E-state index < -0.39 is 73.2 Å². The lowest BCUT2D eigenvalue weighted by Gasteiger charge is -2.43. The Labute approximate surface area is 309 Å². The summed E-state index contributed by atoms with van der Waals surface area (Å²) in [5, 5.41) is 15.0. The number of anilines is 1. The average Bonchev–Trinajstić information content (AvgIpc) is 3.46. The zero-order chi connectivity index (χ0) is 38.9. The van der Waals surface area contributed by atoms with Crippen LogP contribution in [0, 0.1) is 0 Å². The Morgan fingerprint density at radius 2 is 1.37 bits per heavy atom. The topological polar surface area (TPSA) is 211 Å². The molecule has 1 heterocycles. The van der Waals surface area contributed by atoms with Crippen LogP contribution in [0.5, 0.6) is 5.75 Å². The first-order valence-corrected chi connectivity index (χ1v) is 16.9. The molecule has 2 aliphatic rings. The minimum Gasteiger partial charge on any atom is -0.467 e. The molecule has 1 aliphatic heterocycles. The molecule has 3 unspecified atom stereocenters. The van der Waals surface area contributed by atoms with Crippen molar-refractivity contribution < 1.29 is 67.0 Å². The normalized spacial score (nSPS) is 20.0. The summed E-state index contributed by atoms with van der Waals surface area (Å²) in [4.78, 5) is 74.9. The fourth-order valence-electron chi connectivity index (χ4n) is 6.32. The summed E-state index contributed by atoms with van der Waals surface area (Å²) in [6, 6.07) is 20.1. The minimum absolute atomic E-state index is 0.0265. The predicted octanol–water partition coefficient (Wildman–Crippen LogP) is 3.12. The van der Waals surface area contributed by atoms with Gasteiger partial charge in [0.2, 0.25) is 18.3 Å². The molecule has 2 amide bonds. The molecule has 0 bridgehead atoms. The first kappa shape index (κ1) is 39.2. The largest absolute Gasteiger partial charge is 0.467 e. The smallest absolute Gasteiger partial charge is 0.407 e. The second-order valence-electron chi connectivity index (χ2n) is 12.3. The lowest BCUT2D eigenvalue weighted by atomic mass is 9.97. The molecule has 1 saturated heterocycles. The van der Waals surface area contributed by atoms with Crippen molar-refractivity contribution in [1.29, 1.82) is 0 Å². The van der Waals surface area contributed by atoms with Gasteiger partial charge < -0.3 is 48.9 Å². The van der Waals surface area contributed by atoms with Crippen molar-refractivity contribution in [2.45, 2.75) is 70.4 Å². The van der Waals surface area contributed by atoms with Crippen molar-refractivity contribution in [3.8, 4) is 16.9 Å². The van der Waals surface area contributed by atoms with Crippen molar-refractivity contribution in [1.82, 2.24) is 5.32 Å². The van der Waals surface area contributed by atoms with Crippen LogP contribution in [0.2, 0.25) is 0 Å². The van der Waals surface area contributed by atoms with Crippen LogP contribution in [0.15, 0.2) is 66.7 Å². The first-order chi connectivity index (χ1) is 25.9. The monoisotopic (exact) mass is 748 g/mol. The van der Waals surface area contributed by atoms with Crippen LogP contribution in [-0.4, -0.2) is 92.0 Å². The molecule has 0 radical (unpaired) electrons. The van der Waals surface area contributed by atoms with Gasteiger partial charge in [0.25, 0.3) is 0 Å². The van der Waals surface area contributed by atoms with Crippen LogP contribution in [0.1, 0.15) is 49.8 Å². The van der Waals surface area contributed by atoms with Crippen LogP contribution >= 0.6 is 0 Å². The summed E-state index contributed by atoms with van der Waals surface area (Å²) in [6.07, 6.45) is -9.12. The molecular formula is C38H40N2O14. The van der Waals surface area contributed by atoms with Crippen molar-refractivity contribution in [3.05, 3.63) is 83.4 Å². The third kappa shape index (κ3) is 9.31. The lowest BCUT2D eigenvalue weighted by Crippen LogP contribution is -2.64. The number of alkyl carbamates (subject to hydrolysis) is 1. The maximum atomic E-state index is 13.1. The fraction of sp³-hybridized carbons (Fsp3) is 0.368. The molecule has 1 aliphatic carbocycles. The molecule has 54 heavy (non-hydrogen) atoms. The van der Waals surface area contributed by atoms with E-state index in [1.165, 1.54) is 18.2 Å². The van der Waals surface area contributed by atoms with E-state index in [2.05, 4.69) is 10.6 Å². The van der Waals surface area contributed by atoms with Gasteiger partial charge in [0.15, 0.2) is 18.3 Å². The third-order valence-electron chi connectivity index (χ3n) is 8.54. The van der Waals surface area contributed by atoms with E-state index in [0.717, 1.165) is 50.1 Å². The van der Waals surface area contributed by atoms with Gasteiger partial charge in [0, 0.05) is 39.7 Å². The number of ether oxygens (including phenoxy) is 7. The number of hydrogen-bond acceptors (Lipinski definition) is 14. The number of fused-ring (bicyclic) bond motifs is 3. The summed E-state index contributed by atoms with van der Waals surface area (Å²) in [7, 11) is 1.05. The highest BCUT2D eigenvalue weighted by molar-refractivity contribution is 5.92. The zero-order valence-electron chi connectivity index (χ0n) is 29.9. The van der Waals surface area contributed by atoms with Gasteiger partial charge >= 0.3 is 30.0 Å². The number of esters is 4. The number of carbonyl (C=O) groups excluding carboxylic acids is 6. The van der Waals surface area contributed by atoms with Gasteiger partial charge in [-0.3, -0.25) is 19.2 Å². The van der Waals surface area contributed by atoms with Gasteiger partial charge in [-0.1, -0.05) is 54.6 Å². The Bertz CT molecular complexity index is 1850. The summed E-state index contributed by atoms with van der Waals surface area (Å²) in [5.41, 5.74) is 4.68. The second kappa shape index (κ2) is 17.7. The molecule has 286 valence electrons. The van der Waals surface area contributed by atoms with E-state index in [0.29, 0.717) is 5.56 Å². The first-order valence-electron chi connectivity index (χ1n) is 16.9. The third-order valence-corrected chi connectivity index (χ3v) is 8.54. The Hall–Kier alpha value is -6.00. The highest BCUT2D eigenvalue weighted by Gasteiger charge is 2.56. The minimum atomic E-state index is -1.71. The van der Waals surface area contributed by atoms with E-state index in [1.807, 2.05) is 48.5 Å². The standard InChI is InChI=1S/C38H40N2O14/c1-20(42)50-32-33(51-21(2)43)35(52-22(3)44)37(54-34(32)36(46)48-4)53-30-14-13-23(18-41)17-29(30)40-31(45)15-16-39-38(47)49-19-28-26-11-7-5-9-24(26)25-10-6-8-12-27(25)28/h5-14,17,28,32-35,37,41H,15-16,18-19H2,1-4H3,(H,39,47)(H,40,45)/t32-,33-,34?,35?,37?/m0/s1. The van der Waals surface area contributed by atoms with E-state index >= 15 is 0 Å². The molecule has 0 spiro atoms. The van der Waals surface area contributed by atoms with E-state index in [4.69, 9.17) is 33.2 Å². The number of hydrogen-bond donors (Lipinski definition) is 3. The van der Waals surface area contributed by atoms with Gasteiger partial charge in [-0.2, -0.15) is 0 Å². The van der Waals surface area contributed by atoms with Gasteiger partial charge in [-0.15, -0.1) is 0 Å². The summed E-state index contributed by atoms with van der Waals surface area (Å²) in [5.74, 6) is -4.42. The van der Waals surface area contributed by atoms with Crippen molar-refractivity contribution in [2.75, 3.05) is 25.6 Å². The van der Waals surface area contributed by atoms with E-state index in [9.17, 15) is 33.9 Å². The predicted molar refractivity (Wildman–Crippen MR) is 187 cm³/mol. The molecule has 1 fully saturated rings. The molecule has 16 heteroatoms. The van der Waals surface area contributed by atoms with E-state index in [-0.39, 0.29) is 36.9 Å².